The minimum absolute atomic E-state index is 0.103. The maximum Gasteiger partial charge on any atom is 0.274 e. The smallest absolute Gasteiger partial charge is 0.274 e. The van der Waals surface area contributed by atoms with Gasteiger partial charge in [-0.3, -0.25) is 9.89 Å². The molecule has 0 spiro atoms. The van der Waals surface area contributed by atoms with Crippen LogP contribution in [0.25, 0.3) is 0 Å². The highest BCUT2D eigenvalue weighted by atomic mass is 16.2. The highest BCUT2D eigenvalue weighted by Gasteiger charge is 2.32. The summed E-state index contributed by atoms with van der Waals surface area (Å²) in [5.74, 6) is 2.43. The summed E-state index contributed by atoms with van der Waals surface area (Å²) >= 11 is 0. The van der Waals surface area contributed by atoms with Crippen molar-refractivity contribution < 1.29 is 4.79 Å². The third-order valence-corrected chi connectivity index (χ3v) is 6.51. The molecule has 0 unspecified atom stereocenters. The van der Waals surface area contributed by atoms with Crippen LogP contribution < -0.4 is 0 Å². The Kier molecular flexibility index (Phi) is 4.06. The Balaban J connectivity index is 1.32. The molecular formula is C20H27N5O. The number of fused-ring (bicyclic) bond motifs is 1. The van der Waals surface area contributed by atoms with Gasteiger partial charge in [-0.2, -0.15) is 5.10 Å². The predicted molar refractivity (Wildman–Crippen MR) is 98.1 cm³/mol. The molecule has 5 rings (SSSR count). The van der Waals surface area contributed by atoms with Crippen molar-refractivity contribution in [1.82, 2.24) is 24.6 Å². The molecule has 2 fully saturated rings. The molecule has 1 N–H and O–H groups in total. The number of piperidine rings is 1. The van der Waals surface area contributed by atoms with Gasteiger partial charge < -0.3 is 9.47 Å². The van der Waals surface area contributed by atoms with Gasteiger partial charge in [-0.15, -0.1) is 0 Å². The zero-order chi connectivity index (χ0) is 17.5. The monoisotopic (exact) mass is 353 g/mol. The minimum Gasteiger partial charge on any atom is -0.337 e. The summed E-state index contributed by atoms with van der Waals surface area (Å²) in [4.78, 5) is 19.7. The van der Waals surface area contributed by atoms with E-state index in [0.29, 0.717) is 11.6 Å². The molecule has 1 saturated heterocycles. The lowest BCUT2D eigenvalue weighted by molar-refractivity contribution is 0.0695. The second-order valence-corrected chi connectivity index (χ2v) is 8.21. The largest absolute Gasteiger partial charge is 0.337 e. The number of carbonyl (C=O) groups excluding carboxylic acids is 1. The molecule has 0 radical (unpaired) electrons. The second-order valence-electron chi connectivity index (χ2n) is 8.21. The summed E-state index contributed by atoms with van der Waals surface area (Å²) in [7, 11) is 0. The van der Waals surface area contributed by atoms with Gasteiger partial charge in [0.15, 0.2) is 5.69 Å². The SMILES string of the molecule is O=C(c1n[nH]c2c1CCC2)N1CCC[C@H](c2nccn2CC2CCC2)C1. The van der Waals surface area contributed by atoms with Crippen molar-refractivity contribution in [3.63, 3.8) is 0 Å². The molecule has 1 amide bonds. The minimum atomic E-state index is 0.103. The molecule has 138 valence electrons. The number of imidazole rings is 1. The third-order valence-electron chi connectivity index (χ3n) is 6.51. The lowest BCUT2D eigenvalue weighted by Crippen LogP contribution is -2.40. The first kappa shape index (κ1) is 16.1. The zero-order valence-electron chi connectivity index (χ0n) is 15.3. The summed E-state index contributed by atoms with van der Waals surface area (Å²) in [6.45, 7) is 2.69. The van der Waals surface area contributed by atoms with Crippen LogP contribution in [0.3, 0.4) is 0 Å². The predicted octanol–water partition coefficient (Wildman–Crippen LogP) is 2.91. The Morgan fingerprint density at radius 2 is 2.12 bits per heavy atom. The average Bonchev–Trinajstić information content (AvgIpc) is 3.34. The number of carbonyl (C=O) groups is 1. The summed E-state index contributed by atoms with van der Waals surface area (Å²) < 4.78 is 2.34. The number of amides is 1. The zero-order valence-corrected chi connectivity index (χ0v) is 15.3. The van der Waals surface area contributed by atoms with Gasteiger partial charge in [0, 0.05) is 49.2 Å². The average molecular weight is 353 g/mol. The highest BCUT2D eigenvalue weighted by molar-refractivity contribution is 5.94. The molecule has 3 heterocycles. The number of rotatable bonds is 4. The van der Waals surface area contributed by atoms with Crippen molar-refractivity contribution in [2.24, 2.45) is 5.92 Å². The summed E-state index contributed by atoms with van der Waals surface area (Å²) in [6.07, 6.45) is 13.4. The molecular weight excluding hydrogens is 326 g/mol. The van der Waals surface area contributed by atoms with Crippen molar-refractivity contribution in [3.05, 3.63) is 35.2 Å². The van der Waals surface area contributed by atoms with Gasteiger partial charge in [0.2, 0.25) is 0 Å². The first-order chi connectivity index (χ1) is 12.8. The number of nitrogens with zero attached hydrogens (tertiary/aromatic N) is 4. The van der Waals surface area contributed by atoms with Crippen LogP contribution in [0, 0.1) is 5.92 Å². The molecule has 26 heavy (non-hydrogen) atoms. The maximum atomic E-state index is 13.1. The highest BCUT2D eigenvalue weighted by Crippen LogP contribution is 2.32. The van der Waals surface area contributed by atoms with Gasteiger partial charge in [-0.05, 0) is 50.9 Å². The van der Waals surface area contributed by atoms with E-state index in [1.807, 2.05) is 11.1 Å². The Morgan fingerprint density at radius 1 is 1.19 bits per heavy atom. The summed E-state index contributed by atoms with van der Waals surface area (Å²) in [5, 5.41) is 7.41. The van der Waals surface area contributed by atoms with Gasteiger partial charge in [0.1, 0.15) is 5.82 Å². The lowest BCUT2D eigenvalue weighted by Gasteiger charge is -2.33. The molecule has 2 aromatic heterocycles. The molecule has 2 aromatic rings. The number of hydrogen-bond acceptors (Lipinski definition) is 3. The van der Waals surface area contributed by atoms with Crippen LogP contribution in [0.2, 0.25) is 0 Å². The van der Waals surface area contributed by atoms with E-state index in [1.165, 1.54) is 25.1 Å². The number of aromatic amines is 1. The van der Waals surface area contributed by atoms with E-state index in [9.17, 15) is 4.79 Å². The van der Waals surface area contributed by atoms with E-state index in [2.05, 4.69) is 25.9 Å². The number of hydrogen-bond donors (Lipinski definition) is 1. The van der Waals surface area contributed by atoms with Crippen molar-refractivity contribution >= 4 is 5.91 Å². The standard InChI is InChI=1S/C20H27N5O/c26-20(18-16-7-2-8-17(16)22-23-18)25-10-3-6-15(13-25)19-21-9-11-24(19)12-14-4-1-5-14/h9,11,14-15H,1-8,10,12-13H2,(H,22,23)/t15-/m0/s1. The fourth-order valence-corrected chi connectivity index (χ4v) is 4.81. The van der Waals surface area contributed by atoms with Gasteiger partial charge in [-0.25, -0.2) is 4.98 Å². The molecule has 1 atom stereocenters. The van der Waals surface area contributed by atoms with E-state index < -0.39 is 0 Å². The number of nitrogens with one attached hydrogen (secondary N) is 1. The Hall–Kier alpha value is -2.11. The van der Waals surface area contributed by atoms with Gasteiger partial charge in [0.25, 0.3) is 5.91 Å². The van der Waals surface area contributed by atoms with Gasteiger partial charge in [0.05, 0.1) is 0 Å². The lowest BCUT2D eigenvalue weighted by atomic mass is 9.85. The fourth-order valence-electron chi connectivity index (χ4n) is 4.81. The van der Waals surface area contributed by atoms with Crippen molar-refractivity contribution in [1.29, 1.82) is 0 Å². The molecule has 0 aromatic carbocycles. The van der Waals surface area contributed by atoms with Crippen LogP contribution in [0.15, 0.2) is 12.4 Å². The number of H-pyrrole nitrogens is 1. The summed E-state index contributed by atoms with van der Waals surface area (Å²) in [6, 6.07) is 0. The Bertz CT molecular complexity index is 803. The van der Waals surface area contributed by atoms with E-state index in [1.54, 1.807) is 0 Å². The second kappa shape index (κ2) is 6.56. The molecule has 1 saturated carbocycles. The molecule has 1 aliphatic heterocycles. The van der Waals surface area contributed by atoms with Crippen molar-refractivity contribution in [2.75, 3.05) is 13.1 Å². The van der Waals surface area contributed by atoms with Crippen LogP contribution in [0.4, 0.5) is 0 Å². The van der Waals surface area contributed by atoms with Crippen molar-refractivity contribution in [3.8, 4) is 0 Å². The molecule has 3 aliphatic rings. The van der Waals surface area contributed by atoms with Crippen molar-refractivity contribution in [2.45, 2.75) is 63.8 Å². The van der Waals surface area contributed by atoms with Crippen LogP contribution in [0.5, 0.6) is 0 Å². The first-order valence-corrected chi connectivity index (χ1v) is 10.2. The van der Waals surface area contributed by atoms with Crippen LogP contribution in [-0.4, -0.2) is 43.6 Å². The van der Waals surface area contributed by atoms with Gasteiger partial charge >= 0.3 is 0 Å². The quantitative estimate of drug-likeness (QED) is 0.919. The van der Waals surface area contributed by atoms with E-state index in [4.69, 9.17) is 0 Å². The topological polar surface area (TPSA) is 66.8 Å². The molecule has 2 aliphatic carbocycles. The number of likely N-dealkylation sites (tertiary alicyclic amines) is 1. The van der Waals surface area contributed by atoms with Crippen LogP contribution in [0.1, 0.15) is 72.0 Å². The fraction of sp³-hybridized carbons (Fsp3) is 0.650. The van der Waals surface area contributed by atoms with E-state index in [-0.39, 0.29) is 5.91 Å². The molecule has 6 heteroatoms. The number of aryl methyl sites for hydroxylation is 1. The van der Waals surface area contributed by atoms with Crippen LogP contribution in [-0.2, 0) is 19.4 Å². The Labute approximate surface area is 154 Å². The normalized spacial score (nSPS) is 23.1. The summed E-state index contributed by atoms with van der Waals surface area (Å²) in [5.41, 5.74) is 2.98. The van der Waals surface area contributed by atoms with Gasteiger partial charge in [-0.1, -0.05) is 6.42 Å². The van der Waals surface area contributed by atoms with E-state index in [0.717, 1.165) is 68.9 Å². The maximum absolute atomic E-state index is 13.1. The van der Waals surface area contributed by atoms with E-state index >= 15 is 0 Å². The first-order valence-electron chi connectivity index (χ1n) is 10.2. The Morgan fingerprint density at radius 3 is 2.96 bits per heavy atom. The number of aromatic nitrogens is 4. The molecule has 6 nitrogen and oxygen atoms in total. The molecule has 0 bridgehead atoms. The third kappa shape index (κ3) is 2.75. The van der Waals surface area contributed by atoms with Crippen LogP contribution >= 0.6 is 0 Å².